The zero-order valence-corrected chi connectivity index (χ0v) is 13.6. The van der Waals surface area contributed by atoms with Crippen LogP contribution in [0.4, 0.5) is 0 Å². The van der Waals surface area contributed by atoms with E-state index in [0.717, 1.165) is 19.5 Å². The highest BCUT2D eigenvalue weighted by molar-refractivity contribution is 5.89. The molecule has 0 aromatic rings. The Balaban J connectivity index is 0.00000220. The van der Waals surface area contributed by atoms with Crippen LogP contribution >= 0.6 is 12.4 Å². The lowest BCUT2D eigenvalue weighted by Gasteiger charge is -2.31. The fourth-order valence-electron chi connectivity index (χ4n) is 2.85. The van der Waals surface area contributed by atoms with E-state index in [2.05, 4.69) is 17.6 Å². The van der Waals surface area contributed by atoms with Crippen LogP contribution in [0.2, 0.25) is 0 Å². The monoisotopic (exact) mass is 319 g/mol. The molecule has 0 aromatic carbocycles. The van der Waals surface area contributed by atoms with Gasteiger partial charge in [0.05, 0.1) is 12.5 Å². The molecule has 2 amide bonds. The Hall–Kier alpha value is -0.850. The van der Waals surface area contributed by atoms with Crippen molar-refractivity contribution < 1.29 is 14.3 Å². The van der Waals surface area contributed by atoms with Crippen LogP contribution in [0.1, 0.15) is 19.8 Å². The first kappa shape index (κ1) is 18.2. The standard InChI is InChI=1S/C14H25N3O3.ClH/c1-10-3-4-15-8-12(10)16-14(19)11-7-13(18)17(9-11)5-6-20-2;/h10-12,15H,3-9H2,1-2H3,(H,16,19);1H. The van der Waals surface area contributed by atoms with E-state index >= 15 is 0 Å². The number of rotatable bonds is 5. The van der Waals surface area contributed by atoms with Crippen molar-refractivity contribution in [2.75, 3.05) is 39.9 Å². The summed E-state index contributed by atoms with van der Waals surface area (Å²) in [5.41, 5.74) is 0. The minimum Gasteiger partial charge on any atom is -0.383 e. The first-order valence-corrected chi connectivity index (χ1v) is 7.39. The highest BCUT2D eigenvalue weighted by Gasteiger charge is 2.35. The summed E-state index contributed by atoms with van der Waals surface area (Å²) in [4.78, 5) is 25.8. The number of carbonyl (C=O) groups excluding carboxylic acids is 2. The van der Waals surface area contributed by atoms with Crippen molar-refractivity contribution >= 4 is 24.2 Å². The van der Waals surface area contributed by atoms with Gasteiger partial charge in [0.15, 0.2) is 0 Å². The summed E-state index contributed by atoms with van der Waals surface area (Å²) in [6, 6.07) is 0.180. The van der Waals surface area contributed by atoms with Crippen LogP contribution in [0.15, 0.2) is 0 Å². The van der Waals surface area contributed by atoms with E-state index in [-0.39, 0.29) is 36.2 Å². The predicted octanol–water partition coefficient (Wildman–Crippen LogP) is 0.0173. The number of methoxy groups -OCH3 is 1. The number of hydrogen-bond donors (Lipinski definition) is 2. The van der Waals surface area contributed by atoms with Crippen LogP contribution in [0.3, 0.4) is 0 Å². The minimum atomic E-state index is -0.214. The number of carbonyl (C=O) groups is 2. The molecule has 2 aliphatic rings. The zero-order valence-electron chi connectivity index (χ0n) is 12.8. The lowest BCUT2D eigenvalue weighted by Crippen LogP contribution is -2.51. The normalized spacial score (nSPS) is 29.1. The Morgan fingerprint density at radius 2 is 2.29 bits per heavy atom. The fourth-order valence-corrected chi connectivity index (χ4v) is 2.85. The largest absolute Gasteiger partial charge is 0.383 e. The summed E-state index contributed by atoms with van der Waals surface area (Å²) in [5, 5.41) is 6.39. The van der Waals surface area contributed by atoms with Gasteiger partial charge >= 0.3 is 0 Å². The molecule has 2 aliphatic heterocycles. The average molecular weight is 320 g/mol. The Bertz CT molecular complexity index is 367. The number of ether oxygens (including phenoxy) is 1. The molecule has 0 saturated carbocycles. The van der Waals surface area contributed by atoms with E-state index in [1.165, 1.54) is 0 Å². The number of hydrogen-bond acceptors (Lipinski definition) is 4. The number of amides is 2. The van der Waals surface area contributed by atoms with Crippen LogP contribution in [0, 0.1) is 11.8 Å². The van der Waals surface area contributed by atoms with Crippen molar-refractivity contribution in [2.24, 2.45) is 11.8 Å². The molecule has 2 N–H and O–H groups in total. The summed E-state index contributed by atoms with van der Waals surface area (Å²) in [7, 11) is 1.61. The summed E-state index contributed by atoms with van der Waals surface area (Å²) < 4.78 is 4.98. The van der Waals surface area contributed by atoms with E-state index in [1.54, 1.807) is 12.0 Å². The van der Waals surface area contributed by atoms with Crippen molar-refractivity contribution in [3.63, 3.8) is 0 Å². The number of likely N-dealkylation sites (tertiary alicyclic amines) is 1. The molecule has 3 atom stereocenters. The number of halogens is 1. The third kappa shape index (κ3) is 4.83. The molecule has 2 fully saturated rings. The van der Waals surface area contributed by atoms with E-state index in [0.29, 0.717) is 32.0 Å². The molecule has 0 radical (unpaired) electrons. The number of nitrogens with one attached hydrogen (secondary N) is 2. The third-order valence-electron chi connectivity index (χ3n) is 4.31. The van der Waals surface area contributed by atoms with Gasteiger partial charge in [0.25, 0.3) is 0 Å². The molecular formula is C14H26ClN3O3. The van der Waals surface area contributed by atoms with Gasteiger partial charge in [-0.1, -0.05) is 6.92 Å². The van der Waals surface area contributed by atoms with E-state index < -0.39 is 0 Å². The Morgan fingerprint density at radius 3 is 2.95 bits per heavy atom. The molecule has 122 valence electrons. The van der Waals surface area contributed by atoms with Crippen LogP contribution in [-0.4, -0.2) is 62.7 Å². The molecule has 2 rings (SSSR count). The average Bonchev–Trinajstić information content (AvgIpc) is 2.80. The Labute approximate surface area is 132 Å². The van der Waals surface area contributed by atoms with Crippen molar-refractivity contribution in [1.82, 2.24) is 15.5 Å². The van der Waals surface area contributed by atoms with Gasteiger partial charge in [-0.2, -0.15) is 0 Å². The summed E-state index contributed by atoms with van der Waals surface area (Å²) >= 11 is 0. The molecule has 6 nitrogen and oxygen atoms in total. The second-order valence-corrected chi connectivity index (χ2v) is 5.82. The lowest BCUT2D eigenvalue weighted by molar-refractivity contribution is -0.129. The van der Waals surface area contributed by atoms with Gasteiger partial charge in [0.1, 0.15) is 0 Å². The first-order valence-electron chi connectivity index (χ1n) is 7.39. The second-order valence-electron chi connectivity index (χ2n) is 5.82. The van der Waals surface area contributed by atoms with E-state index in [4.69, 9.17) is 4.74 Å². The molecule has 0 aliphatic carbocycles. The highest BCUT2D eigenvalue weighted by Crippen LogP contribution is 2.19. The van der Waals surface area contributed by atoms with Gasteiger partial charge in [-0.05, 0) is 18.9 Å². The van der Waals surface area contributed by atoms with Crippen LogP contribution < -0.4 is 10.6 Å². The number of piperidine rings is 1. The molecule has 2 saturated heterocycles. The van der Waals surface area contributed by atoms with E-state index in [9.17, 15) is 9.59 Å². The maximum atomic E-state index is 12.3. The molecule has 7 heteroatoms. The van der Waals surface area contributed by atoms with Crippen molar-refractivity contribution in [1.29, 1.82) is 0 Å². The maximum absolute atomic E-state index is 12.3. The van der Waals surface area contributed by atoms with Crippen LogP contribution in [-0.2, 0) is 14.3 Å². The molecule has 0 spiro atoms. The van der Waals surface area contributed by atoms with Gasteiger partial charge in [-0.25, -0.2) is 0 Å². The van der Waals surface area contributed by atoms with Gasteiger partial charge in [0.2, 0.25) is 11.8 Å². The van der Waals surface area contributed by atoms with Crippen molar-refractivity contribution in [3.8, 4) is 0 Å². The van der Waals surface area contributed by atoms with Crippen molar-refractivity contribution in [2.45, 2.75) is 25.8 Å². The molecule has 0 aromatic heterocycles. The fraction of sp³-hybridized carbons (Fsp3) is 0.857. The minimum absolute atomic E-state index is 0. The van der Waals surface area contributed by atoms with E-state index in [1.807, 2.05) is 0 Å². The highest BCUT2D eigenvalue weighted by atomic mass is 35.5. The van der Waals surface area contributed by atoms with Gasteiger partial charge < -0.3 is 20.3 Å². The van der Waals surface area contributed by atoms with Crippen LogP contribution in [0.5, 0.6) is 0 Å². The second kappa shape index (κ2) is 8.56. The Morgan fingerprint density at radius 1 is 1.52 bits per heavy atom. The molecule has 0 bridgehead atoms. The smallest absolute Gasteiger partial charge is 0.225 e. The molecular weight excluding hydrogens is 294 g/mol. The molecule has 21 heavy (non-hydrogen) atoms. The topological polar surface area (TPSA) is 70.7 Å². The Kier molecular flexibility index (Phi) is 7.42. The quantitative estimate of drug-likeness (QED) is 0.749. The molecule has 3 unspecified atom stereocenters. The third-order valence-corrected chi connectivity index (χ3v) is 4.31. The predicted molar refractivity (Wildman–Crippen MR) is 82.4 cm³/mol. The summed E-state index contributed by atoms with van der Waals surface area (Å²) in [6.07, 6.45) is 1.40. The number of nitrogens with zero attached hydrogens (tertiary/aromatic N) is 1. The maximum Gasteiger partial charge on any atom is 0.225 e. The SMILES string of the molecule is COCCN1CC(C(=O)NC2CNCCC2C)CC1=O.Cl. The molecule has 2 heterocycles. The first-order chi connectivity index (χ1) is 9.61. The van der Waals surface area contributed by atoms with Gasteiger partial charge in [-0.15, -0.1) is 12.4 Å². The zero-order chi connectivity index (χ0) is 14.5. The summed E-state index contributed by atoms with van der Waals surface area (Å²) in [6.45, 7) is 5.60. The van der Waals surface area contributed by atoms with Gasteiger partial charge in [0, 0.05) is 39.2 Å². The summed E-state index contributed by atoms with van der Waals surface area (Å²) in [5.74, 6) is 0.339. The van der Waals surface area contributed by atoms with Gasteiger partial charge in [-0.3, -0.25) is 9.59 Å². The van der Waals surface area contributed by atoms with Crippen LogP contribution in [0.25, 0.3) is 0 Å². The lowest BCUT2D eigenvalue weighted by atomic mass is 9.94. The van der Waals surface area contributed by atoms with Crippen molar-refractivity contribution in [3.05, 3.63) is 0 Å².